The number of alkyl halides is 3. The predicted octanol–water partition coefficient (Wildman–Crippen LogP) is 2.49. The van der Waals surface area contributed by atoms with Crippen LogP contribution in [-0.4, -0.2) is 9.51 Å². The molecule has 0 amide bonds. The first-order valence-electron chi connectivity index (χ1n) is 7.72. The molecule has 0 bridgehead atoms. The zero-order valence-electron chi connectivity index (χ0n) is 13.2. The molecule has 0 aliphatic rings. The van der Waals surface area contributed by atoms with Gasteiger partial charge < -0.3 is 5.11 Å². The van der Waals surface area contributed by atoms with E-state index < -0.39 is 17.3 Å². The Labute approximate surface area is 144 Å². The minimum absolute atomic E-state index is 0.0258. The van der Waals surface area contributed by atoms with E-state index in [1.165, 1.54) is 22.7 Å². The summed E-state index contributed by atoms with van der Waals surface area (Å²) in [6.45, 7) is 0. The van der Waals surface area contributed by atoms with Gasteiger partial charge in [0.05, 0.1) is 11.8 Å². The number of hydrogen-bond acceptors (Lipinski definition) is 2. The zero-order chi connectivity index (χ0) is 18.5. The van der Waals surface area contributed by atoms with Gasteiger partial charge in [-0.05, 0) is 12.1 Å². The fourth-order valence-corrected chi connectivity index (χ4v) is 3.03. The number of aliphatic hydroxyl groups excluding tert-OH is 1. The minimum atomic E-state index is -4.54. The summed E-state index contributed by atoms with van der Waals surface area (Å²) >= 11 is 0. The number of pyridine rings is 2. The molecule has 0 spiro atoms. The standard InChI is InChI=1S/C19H11F3N2O2/c20-19(21,22)13-9-10-23-15(11-13)24-14(7-4-8-16(24)25)17(23)18(26)12-5-2-1-3-6-12/h1-11H/p+1. The Kier molecular flexibility index (Phi) is 3.47. The molecule has 3 heterocycles. The highest BCUT2D eigenvalue weighted by Gasteiger charge is 2.33. The van der Waals surface area contributed by atoms with Crippen LogP contribution in [-0.2, 0) is 6.18 Å². The van der Waals surface area contributed by atoms with Gasteiger partial charge in [-0.2, -0.15) is 22.0 Å². The van der Waals surface area contributed by atoms with E-state index in [-0.39, 0.29) is 16.8 Å². The van der Waals surface area contributed by atoms with Crippen LogP contribution in [0.25, 0.3) is 16.9 Å². The lowest BCUT2D eigenvalue weighted by molar-refractivity contribution is -0.525. The molecule has 4 aromatic rings. The molecule has 0 unspecified atom stereocenters. The van der Waals surface area contributed by atoms with Crippen LogP contribution in [0.4, 0.5) is 13.2 Å². The lowest BCUT2D eigenvalue weighted by Gasteiger charge is -2.04. The summed E-state index contributed by atoms with van der Waals surface area (Å²) in [5.41, 5.74) is -0.515. The molecule has 0 radical (unpaired) electrons. The molecule has 1 N–H and O–H groups in total. The van der Waals surface area contributed by atoms with Crippen molar-refractivity contribution < 1.29 is 22.7 Å². The van der Waals surface area contributed by atoms with Crippen LogP contribution < -0.4 is 15.3 Å². The molecular weight excluding hydrogens is 345 g/mol. The molecule has 4 nitrogen and oxygen atoms in total. The molecular formula is C19H12F3N2O2+. The molecule has 0 atom stereocenters. The number of aromatic nitrogens is 2. The lowest BCUT2D eigenvalue weighted by Crippen LogP contribution is -2.39. The summed E-state index contributed by atoms with van der Waals surface area (Å²) in [6.07, 6.45) is -3.33. The van der Waals surface area contributed by atoms with Gasteiger partial charge in [-0.15, -0.1) is 0 Å². The van der Waals surface area contributed by atoms with Gasteiger partial charge in [0.1, 0.15) is 0 Å². The number of rotatable bonds is 1. The number of fused-ring (bicyclic) bond motifs is 3. The topological polar surface area (TPSA) is 45.8 Å². The summed E-state index contributed by atoms with van der Waals surface area (Å²) in [6, 6.07) is 14.8. The molecule has 26 heavy (non-hydrogen) atoms. The van der Waals surface area contributed by atoms with Crippen LogP contribution in [0.1, 0.15) is 11.1 Å². The van der Waals surface area contributed by atoms with Crippen LogP contribution >= 0.6 is 0 Å². The number of imidazole rings is 1. The third kappa shape index (κ3) is 2.40. The molecule has 3 aromatic heterocycles. The van der Waals surface area contributed by atoms with Crippen LogP contribution in [0.3, 0.4) is 0 Å². The van der Waals surface area contributed by atoms with Gasteiger partial charge in [0.15, 0.2) is 11.3 Å². The average Bonchev–Trinajstić information content (AvgIpc) is 2.96. The Morgan fingerprint density at radius 3 is 2.42 bits per heavy atom. The minimum Gasteiger partial charge on any atom is -0.503 e. The van der Waals surface area contributed by atoms with Gasteiger partial charge in [-0.25, -0.2) is 4.79 Å². The highest BCUT2D eigenvalue weighted by Crippen LogP contribution is 2.28. The first-order chi connectivity index (χ1) is 12.4. The third-order valence-corrected chi connectivity index (χ3v) is 4.20. The summed E-state index contributed by atoms with van der Waals surface area (Å²) in [7, 11) is 0. The summed E-state index contributed by atoms with van der Waals surface area (Å²) < 4.78 is 41.8. The maximum Gasteiger partial charge on any atom is 0.416 e. The van der Waals surface area contributed by atoms with Crippen molar-refractivity contribution in [3.63, 3.8) is 0 Å². The van der Waals surface area contributed by atoms with E-state index in [9.17, 15) is 23.1 Å². The maximum absolute atomic E-state index is 13.1. The second-order valence-corrected chi connectivity index (χ2v) is 5.79. The van der Waals surface area contributed by atoms with Crippen molar-refractivity contribution in [2.24, 2.45) is 0 Å². The van der Waals surface area contributed by atoms with Crippen molar-refractivity contribution in [2.75, 3.05) is 0 Å². The molecule has 1 aromatic carbocycles. The Morgan fingerprint density at radius 2 is 1.73 bits per heavy atom. The molecule has 0 aliphatic carbocycles. The van der Waals surface area contributed by atoms with Crippen LogP contribution in [0.15, 0.2) is 71.7 Å². The number of hydrogen-bond donors (Lipinski definition) is 1. The normalized spacial score (nSPS) is 13.3. The van der Waals surface area contributed by atoms with E-state index >= 15 is 0 Å². The number of nitrogens with zero attached hydrogens (tertiary/aromatic N) is 2. The maximum atomic E-state index is 13.1. The van der Waals surface area contributed by atoms with E-state index in [0.29, 0.717) is 11.1 Å². The molecule has 4 rings (SSSR count). The average molecular weight is 357 g/mol. The van der Waals surface area contributed by atoms with Crippen molar-refractivity contribution in [1.82, 2.24) is 4.40 Å². The second-order valence-electron chi connectivity index (χ2n) is 5.79. The number of benzene rings is 1. The van der Waals surface area contributed by atoms with Crippen molar-refractivity contribution in [3.05, 3.63) is 93.7 Å². The van der Waals surface area contributed by atoms with Gasteiger partial charge >= 0.3 is 11.7 Å². The Bertz CT molecular complexity index is 1250. The quantitative estimate of drug-likeness (QED) is 0.532. The third-order valence-electron chi connectivity index (χ3n) is 4.20. The molecule has 130 valence electrons. The van der Waals surface area contributed by atoms with E-state index in [1.54, 1.807) is 36.4 Å². The van der Waals surface area contributed by atoms with Gasteiger partial charge in [0.2, 0.25) is 5.35 Å². The van der Waals surface area contributed by atoms with Crippen molar-refractivity contribution in [1.29, 1.82) is 0 Å². The molecule has 0 aliphatic heterocycles. The van der Waals surface area contributed by atoms with E-state index in [1.807, 2.05) is 0 Å². The first kappa shape index (κ1) is 16.1. The summed E-state index contributed by atoms with van der Waals surface area (Å²) in [5.74, 6) is -0.131. The second kappa shape index (κ2) is 5.59. The fourth-order valence-electron chi connectivity index (χ4n) is 3.03. The van der Waals surface area contributed by atoms with Gasteiger partial charge in [-0.1, -0.05) is 36.4 Å². The van der Waals surface area contributed by atoms with Gasteiger partial charge in [-0.3, -0.25) is 0 Å². The number of halogens is 3. The molecule has 0 saturated carbocycles. The first-order valence-corrected chi connectivity index (χ1v) is 7.72. The van der Waals surface area contributed by atoms with E-state index in [4.69, 9.17) is 0 Å². The Hall–Kier alpha value is -3.35. The predicted molar refractivity (Wildman–Crippen MR) is 88.6 cm³/mol. The molecule has 0 fully saturated rings. The largest absolute Gasteiger partial charge is 0.503 e. The van der Waals surface area contributed by atoms with Gasteiger partial charge in [0.25, 0.3) is 5.65 Å². The smallest absolute Gasteiger partial charge is 0.416 e. The Morgan fingerprint density at radius 1 is 1.00 bits per heavy atom. The van der Waals surface area contributed by atoms with E-state index in [2.05, 4.69) is 0 Å². The fraction of sp³-hybridized carbons (Fsp3) is 0.0526. The molecule has 7 heteroatoms. The lowest BCUT2D eigenvalue weighted by atomic mass is 10.2. The highest BCUT2D eigenvalue weighted by atomic mass is 19.4. The summed E-state index contributed by atoms with van der Waals surface area (Å²) in [4.78, 5) is 12.3. The van der Waals surface area contributed by atoms with E-state index in [0.717, 1.165) is 16.5 Å². The number of aliphatic hydroxyl groups is 1. The monoisotopic (exact) mass is 357 g/mol. The van der Waals surface area contributed by atoms with Crippen LogP contribution in [0.5, 0.6) is 0 Å². The van der Waals surface area contributed by atoms with Crippen molar-refractivity contribution in [2.45, 2.75) is 6.18 Å². The molecule has 0 saturated heterocycles. The summed E-state index contributed by atoms with van der Waals surface area (Å²) in [5, 5.41) is 11.0. The van der Waals surface area contributed by atoms with Crippen LogP contribution in [0, 0.1) is 0 Å². The zero-order valence-corrected chi connectivity index (χ0v) is 13.2. The SMILES string of the molecule is O=c1cccc2/c(=C(/O)c3ccccc3)[n+]3ccc(C(F)(F)F)cc3n12. The Balaban J connectivity index is 2.24. The van der Waals surface area contributed by atoms with Crippen LogP contribution in [0.2, 0.25) is 0 Å². The highest BCUT2D eigenvalue weighted by molar-refractivity contribution is 5.65. The van der Waals surface area contributed by atoms with Crippen molar-refractivity contribution in [3.8, 4) is 0 Å². The van der Waals surface area contributed by atoms with Gasteiger partial charge in [0, 0.05) is 17.7 Å². The van der Waals surface area contributed by atoms with Crippen molar-refractivity contribution >= 4 is 16.9 Å².